The Morgan fingerprint density at radius 3 is 2.00 bits per heavy atom. The monoisotopic (exact) mass is 536 g/mol. The average molecular weight is 538 g/mol. The summed E-state index contributed by atoms with van der Waals surface area (Å²) in [5.41, 5.74) is 3.96. The van der Waals surface area contributed by atoms with Crippen LogP contribution < -0.4 is 3.27 Å². The summed E-state index contributed by atoms with van der Waals surface area (Å²) in [7, 11) is 4.43. The van der Waals surface area contributed by atoms with E-state index in [2.05, 4.69) is 101 Å². The Labute approximate surface area is 202 Å². The minimum absolute atomic E-state index is 0.964. The van der Waals surface area contributed by atoms with Crippen LogP contribution in [0.15, 0.2) is 100 Å². The molecule has 4 rings (SSSR count). The first kappa shape index (κ1) is 23.7. The van der Waals surface area contributed by atoms with Crippen LogP contribution in [0.3, 0.4) is 0 Å². The Hall–Kier alpha value is -1.42. The van der Waals surface area contributed by atoms with Gasteiger partial charge < -0.3 is 0 Å². The standard InChI is InChI=1S/C9H13.2C6H7NS.C6H5.Zr/c1-2-3-6-9-7-4-5-8-9;2*8-5-6-3-1-2-4-7-6;1-2-4-6-5-3-1;/h4,7H,2-3,5-6H2,1H3;2*1-4,8H,5H2;1-5H;/q;;;;+2/p-2. The predicted molar refractivity (Wildman–Crippen MR) is 137 cm³/mol. The fourth-order valence-electron chi connectivity index (χ4n) is 4.03. The van der Waals surface area contributed by atoms with Crippen LogP contribution in [0.25, 0.3) is 0 Å². The number of unbranched alkanes of at least 4 members (excludes halogenated alkanes) is 1. The number of aromatic nitrogens is 2. The molecule has 3 aromatic rings. The second kappa shape index (κ2) is 12.2. The van der Waals surface area contributed by atoms with Gasteiger partial charge in [0.25, 0.3) is 0 Å². The van der Waals surface area contributed by atoms with Gasteiger partial charge in [0.15, 0.2) is 0 Å². The van der Waals surface area contributed by atoms with Gasteiger partial charge >= 0.3 is 203 Å². The molecule has 164 valence electrons. The molecule has 5 heteroatoms. The van der Waals surface area contributed by atoms with Crippen molar-refractivity contribution in [3.05, 3.63) is 112 Å². The third-order valence-corrected chi connectivity index (χ3v) is 31.3. The number of benzene rings is 1. The van der Waals surface area contributed by atoms with Crippen molar-refractivity contribution >= 4 is 20.3 Å². The average Bonchev–Trinajstić information content (AvgIpc) is 3.34. The zero-order chi connectivity index (χ0) is 22.1. The van der Waals surface area contributed by atoms with E-state index in [0.29, 0.717) is 0 Å². The van der Waals surface area contributed by atoms with E-state index in [1.54, 1.807) is 12.1 Å². The van der Waals surface area contributed by atoms with E-state index < -0.39 is 17.3 Å². The Balaban J connectivity index is 1.75. The van der Waals surface area contributed by atoms with Crippen molar-refractivity contribution in [2.75, 3.05) is 0 Å². The van der Waals surface area contributed by atoms with Crippen molar-refractivity contribution in [3.63, 3.8) is 0 Å². The Kier molecular flexibility index (Phi) is 9.02. The van der Waals surface area contributed by atoms with Gasteiger partial charge in [0.2, 0.25) is 0 Å². The maximum atomic E-state index is 4.65. The van der Waals surface area contributed by atoms with Gasteiger partial charge in [0, 0.05) is 0 Å². The summed E-state index contributed by atoms with van der Waals surface area (Å²) in [4.78, 5) is 9.30. The van der Waals surface area contributed by atoms with Crippen LogP contribution in [-0.4, -0.2) is 9.97 Å². The molecule has 0 radical (unpaired) electrons. The molecule has 2 heterocycles. The van der Waals surface area contributed by atoms with Gasteiger partial charge in [-0.2, -0.15) is 0 Å². The van der Waals surface area contributed by atoms with Crippen molar-refractivity contribution in [2.24, 2.45) is 0 Å². The van der Waals surface area contributed by atoms with Gasteiger partial charge in [-0.1, -0.05) is 0 Å². The molecule has 2 nitrogen and oxygen atoms in total. The zero-order valence-corrected chi connectivity index (χ0v) is 22.7. The molecule has 1 aromatic carbocycles. The van der Waals surface area contributed by atoms with E-state index >= 15 is 0 Å². The molecule has 0 saturated heterocycles. The third kappa shape index (κ3) is 5.93. The molecule has 0 saturated carbocycles. The van der Waals surface area contributed by atoms with E-state index in [-0.39, 0.29) is 0 Å². The van der Waals surface area contributed by atoms with Gasteiger partial charge in [-0.15, -0.1) is 0 Å². The molecule has 1 aliphatic carbocycles. The Bertz CT molecular complexity index is 994. The van der Waals surface area contributed by atoms with Crippen LogP contribution in [0.2, 0.25) is 0 Å². The fourth-order valence-corrected chi connectivity index (χ4v) is 29.3. The summed E-state index contributed by atoms with van der Waals surface area (Å²) in [6.07, 6.45) is 13.5. The fraction of sp³-hybridized carbons (Fsp3) is 0.259. The molecule has 1 aliphatic rings. The van der Waals surface area contributed by atoms with Gasteiger partial charge in [0.05, 0.1) is 0 Å². The Morgan fingerprint density at radius 2 is 1.44 bits per heavy atom. The molecule has 0 unspecified atom stereocenters. The molecule has 0 aliphatic heterocycles. The third-order valence-electron chi connectivity index (χ3n) is 5.68. The van der Waals surface area contributed by atoms with Crippen LogP contribution in [0.1, 0.15) is 44.0 Å². The number of pyridine rings is 2. The van der Waals surface area contributed by atoms with Gasteiger partial charge in [-0.05, 0) is 0 Å². The predicted octanol–water partition coefficient (Wildman–Crippen LogP) is 7.36. The SMILES string of the molecule is CCCCC1=[C]([Zr]([S]Cc2ccccn2)([S]Cc2ccccn2)[c]2ccccc2)CC=C1. The summed E-state index contributed by atoms with van der Waals surface area (Å²) in [6, 6.07) is 23.9. The first-order chi connectivity index (χ1) is 15.8. The molecule has 2 aromatic heterocycles. The van der Waals surface area contributed by atoms with Crippen LogP contribution in [-0.2, 0) is 28.8 Å². The van der Waals surface area contributed by atoms with E-state index in [9.17, 15) is 0 Å². The van der Waals surface area contributed by atoms with Gasteiger partial charge in [-0.25, -0.2) is 0 Å². The summed E-state index contributed by atoms with van der Waals surface area (Å²) in [6.45, 7) is 2.29. The molecule has 0 atom stereocenters. The first-order valence-corrected chi connectivity index (χ1v) is 21.8. The number of rotatable bonds is 11. The molecular weight excluding hydrogens is 508 g/mol. The summed E-state index contributed by atoms with van der Waals surface area (Å²) < 4.78 is 3.32. The summed E-state index contributed by atoms with van der Waals surface area (Å²) >= 11 is -3.15. The van der Waals surface area contributed by atoms with E-state index in [0.717, 1.165) is 17.9 Å². The number of nitrogens with zero attached hydrogens (tertiary/aromatic N) is 2. The van der Waals surface area contributed by atoms with Crippen molar-refractivity contribution in [1.82, 2.24) is 9.97 Å². The number of allylic oxidation sites excluding steroid dienone is 4. The maximum absolute atomic E-state index is 4.65. The molecule has 32 heavy (non-hydrogen) atoms. The second-order valence-corrected chi connectivity index (χ2v) is 28.0. The number of hydrogen-bond acceptors (Lipinski definition) is 4. The number of hydrogen-bond donors (Lipinski definition) is 0. The minimum atomic E-state index is -3.15. The van der Waals surface area contributed by atoms with Crippen LogP contribution in [0.4, 0.5) is 0 Å². The van der Waals surface area contributed by atoms with Crippen molar-refractivity contribution in [3.8, 4) is 0 Å². The molecule has 0 N–H and O–H groups in total. The summed E-state index contributed by atoms with van der Waals surface area (Å²) in [5.74, 6) is 1.93. The molecule has 0 fully saturated rings. The first-order valence-electron chi connectivity index (χ1n) is 11.3. The molecule has 0 bridgehead atoms. The van der Waals surface area contributed by atoms with Crippen LogP contribution >= 0.6 is 17.0 Å². The van der Waals surface area contributed by atoms with E-state index in [4.69, 9.17) is 0 Å². The Morgan fingerprint density at radius 1 is 0.812 bits per heavy atom. The quantitative estimate of drug-likeness (QED) is 0.255. The van der Waals surface area contributed by atoms with Crippen molar-refractivity contribution < 1.29 is 17.3 Å². The van der Waals surface area contributed by atoms with E-state index in [1.807, 2.05) is 24.5 Å². The normalized spacial score (nSPS) is 13.7. The second-order valence-electron chi connectivity index (χ2n) is 7.92. The molecule has 0 amide bonds. The van der Waals surface area contributed by atoms with Crippen molar-refractivity contribution in [2.45, 2.75) is 44.1 Å². The zero-order valence-electron chi connectivity index (χ0n) is 18.6. The van der Waals surface area contributed by atoms with E-state index in [1.165, 1.54) is 30.7 Å². The van der Waals surface area contributed by atoms with Gasteiger partial charge in [-0.3, -0.25) is 0 Å². The molecular formula is C27H30N2S2Zr. The van der Waals surface area contributed by atoms with Crippen LogP contribution in [0.5, 0.6) is 0 Å². The van der Waals surface area contributed by atoms with Gasteiger partial charge in [0.1, 0.15) is 0 Å². The van der Waals surface area contributed by atoms with Crippen LogP contribution in [0, 0.1) is 0 Å². The topological polar surface area (TPSA) is 25.8 Å². The molecule has 0 spiro atoms. The summed E-state index contributed by atoms with van der Waals surface area (Å²) in [5, 5.41) is 0. The van der Waals surface area contributed by atoms with Crippen molar-refractivity contribution in [1.29, 1.82) is 0 Å².